The highest BCUT2D eigenvalue weighted by molar-refractivity contribution is 5.92. The van der Waals surface area contributed by atoms with Crippen LogP contribution in [0, 0.1) is 0 Å². The lowest BCUT2D eigenvalue weighted by Crippen LogP contribution is -2.48. The highest BCUT2D eigenvalue weighted by Crippen LogP contribution is 2.28. The zero-order valence-electron chi connectivity index (χ0n) is 14.1. The van der Waals surface area contributed by atoms with Gasteiger partial charge in [0.25, 0.3) is 0 Å². The molecule has 23 heavy (non-hydrogen) atoms. The third-order valence-electron chi connectivity index (χ3n) is 4.53. The van der Waals surface area contributed by atoms with E-state index in [2.05, 4.69) is 36.1 Å². The molecule has 0 unspecified atom stereocenters. The second-order valence-corrected chi connectivity index (χ2v) is 6.12. The van der Waals surface area contributed by atoms with Crippen LogP contribution < -0.4 is 4.90 Å². The molecular weight excluding hydrogens is 286 g/mol. The lowest BCUT2D eigenvalue weighted by Gasteiger charge is -2.36. The van der Waals surface area contributed by atoms with Crippen molar-refractivity contribution in [2.24, 2.45) is 0 Å². The summed E-state index contributed by atoms with van der Waals surface area (Å²) in [6, 6.07) is 10.6. The molecule has 4 heteroatoms. The van der Waals surface area contributed by atoms with E-state index >= 15 is 0 Å². The highest BCUT2D eigenvalue weighted by atomic mass is 16.2. The summed E-state index contributed by atoms with van der Waals surface area (Å²) in [4.78, 5) is 21.0. The number of benzene rings is 1. The predicted molar refractivity (Wildman–Crippen MR) is 94.8 cm³/mol. The zero-order chi connectivity index (χ0) is 16.2. The van der Waals surface area contributed by atoms with Crippen molar-refractivity contribution in [3.63, 3.8) is 0 Å². The molecule has 0 atom stereocenters. The number of fused-ring (bicyclic) bond motifs is 1. The first-order chi connectivity index (χ1) is 11.2. The van der Waals surface area contributed by atoms with Gasteiger partial charge in [-0.3, -0.25) is 9.78 Å². The molecule has 4 nitrogen and oxygen atoms in total. The number of hydrogen-bond acceptors (Lipinski definition) is 3. The number of pyridine rings is 1. The molecule has 1 aliphatic heterocycles. The quantitative estimate of drug-likeness (QED) is 0.869. The minimum atomic E-state index is 0.260. The van der Waals surface area contributed by atoms with Crippen LogP contribution in [0.25, 0.3) is 10.9 Å². The molecule has 2 aromatic rings. The Morgan fingerprint density at radius 1 is 1.13 bits per heavy atom. The number of aromatic nitrogens is 1. The molecule has 1 saturated heterocycles. The first-order valence-corrected chi connectivity index (χ1v) is 8.64. The number of para-hydroxylation sites is 1. The molecule has 1 aromatic heterocycles. The summed E-state index contributed by atoms with van der Waals surface area (Å²) >= 11 is 0. The van der Waals surface area contributed by atoms with Crippen molar-refractivity contribution in [3.8, 4) is 0 Å². The molecule has 0 bridgehead atoms. The van der Waals surface area contributed by atoms with E-state index in [9.17, 15) is 4.79 Å². The molecule has 0 saturated carbocycles. The van der Waals surface area contributed by atoms with Gasteiger partial charge in [-0.15, -0.1) is 0 Å². The van der Waals surface area contributed by atoms with Gasteiger partial charge < -0.3 is 9.80 Å². The van der Waals surface area contributed by atoms with Gasteiger partial charge in [0.15, 0.2) is 0 Å². The summed E-state index contributed by atoms with van der Waals surface area (Å²) < 4.78 is 0. The van der Waals surface area contributed by atoms with E-state index in [0.717, 1.165) is 50.2 Å². The average Bonchev–Trinajstić information content (AvgIpc) is 2.61. The summed E-state index contributed by atoms with van der Waals surface area (Å²) in [5, 5.41) is 1.21. The molecule has 1 amide bonds. The van der Waals surface area contributed by atoms with Gasteiger partial charge in [0.2, 0.25) is 5.91 Å². The maximum absolute atomic E-state index is 11.9. The fraction of sp³-hybridized carbons (Fsp3) is 0.474. The van der Waals surface area contributed by atoms with Crippen molar-refractivity contribution in [2.45, 2.75) is 33.1 Å². The number of anilines is 1. The Morgan fingerprint density at radius 3 is 2.57 bits per heavy atom. The zero-order valence-corrected chi connectivity index (χ0v) is 14.1. The van der Waals surface area contributed by atoms with Crippen LogP contribution in [0.3, 0.4) is 0 Å². The predicted octanol–water partition coefficient (Wildman–Crippen LogP) is 3.25. The first kappa shape index (κ1) is 15.8. The topological polar surface area (TPSA) is 36.4 Å². The van der Waals surface area contributed by atoms with Crippen molar-refractivity contribution >= 4 is 22.5 Å². The number of carbonyl (C=O) groups excluding carboxylic acids is 1. The van der Waals surface area contributed by atoms with Gasteiger partial charge in [-0.1, -0.05) is 38.5 Å². The maximum atomic E-state index is 11.9. The SMILES string of the molecule is CCCc1cc(N2CCN(C(=O)CC)CC2)c2ccccc2n1. The summed E-state index contributed by atoms with van der Waals surface area (Å²) in [6.07, 6.45) is 2.70. The van der Waals surface area contributed by atoms with Crippen LogP contribution in [-0.2, 0) is 11.2 Å². The summed E-state index contributed by atoms with van der Waals surface area (Å²) in [7, 11) is 0. The third-order valence-corrected chi connectivity index (χ3v) is 4.53. The number of hydrogen-bond donors (Lipinski definition) is 0. The molecule has 1 fully saturated rings. The van der Waals surface area contributed by atoms with Crippen LogP contribution in [0.4, 0.5) is 5.69 Å². The summed E-state index contributed by atoms with van der Waals surface area (Å²) in [5.74, 6) is 0.260. The Kier molecular flexibility index (Phi) is 4.79. The molecule has 2 heterocycles. The van der Waals surface area contributed by atoms with E-state index in [1.54, 1.807) is 0 Å². The van der Waals surface area contributed by atoms with Crippen LogP contribution in [-0.4, -0.2) is 42.0 Å². The minimum Gasteiger partial charge on any atom is -0.367 e. The van der Waals surface area contributed by atoms with E-state index < -0.39 is 0 Å². The molecular formula is C19H25N3O. The molecule has 0 aliphatic carbocycles. The second-order valence-electron chi connectivity index (χ2n) is 6.12. The van der Waals surface area contributed by atoms with Gasteiger partial charge in [-0.25, -0.2) is 0 Å². The Bertz CT molecular complexity index is 690. The molecule has 3 rings (SSSR count). The summed E-state index contributed by atoms with van der Waals surface area (Å²) in [6.45, 7) is 7.53. The third kappa shape index (κ3) is 3.31. The van der Waals surface area contributed by atoms with Gasteiger partial charge in [0.1, 0.15) is 0 Å². The highest BCUT2D eigenvalue weighted by Gasteiger charge is 2.21. The minimum absolute atomic E-state index is 0.260. The Morgan fingerprint density at radius 2 is 1.87 bits per heavy atom. The van der Waals surface area contributed by atoms with E-state index in [4.69, 9.17) is 4.98 Å². The molecule has 0 spiro atoms. The lowest BCUT2D eigenvalue weighted by atomic mass is 10.1. The fourth-order valence-electron chi connectivity index (χ4n) is 3.28. The number of rotatable bonds is 4. The molecule has 1 aromatic carbocycles. The van der Waals surface area contributed by atoms with Crippen molar-refractivity contribution < 1.29 is 4.79 Å². The van der Waals surface area contributed by atoms with Crippen molar-refractivity contribution in [2.75, 3.05) is 31.1 Å². The Labute approximate surface area is 138 Å². The molecule has 0 N–H and O–H groups in total. The van der Waals surface area contributed by atoms with Crippen LogP contribution in [0.15, 0.2) is 30.3 Å². The molecule has 1 aliphatic rings. The van der Waals surface area contributed by atoms with Gasteiger partial charge in [-0.05, 0) is 18.6 Å². The fourth-order valence-corrected chi connectivity index (χ4v) is 3.28. The van der Waals surface area contributed by atoms with Gasteiger partial charge >= 0.3 is 0 Å². The smallest absolute Gasteiger partial charge is 0.222 e. The number of aryl methyl sites for hydroxylation is 1. The number of nitrogens with zero attached hydrogens (tertiary/aromatic N) is 3. The van der Waals surface area contributed by atoms with Crippen LogP contribution >= 0.6 is 0 Å². The van der Waals surface area contributed by atoms with Gasteiger partial charge in [0, 0.05) is 49.4 Å². The van der Waals surface area contributed by atoms with E-state index in [1.807, 2.05) is 17.9 Å². The van der Waals surface area contributed by atoms with E-state index in [-0.39, 0.29) is 5.91 Å². The number of carbonyl (C=O) groups is 1. The van der Waals surface area contributed by atoms with Gasteiger partial charge in [-0.2, -0.15) is 0 Å². The first-order valence-electron chi connectivity index (χ1n) is 8.64. The lowest BCUT2D eigenvalue weighted by molar-refractivity contribution is -0.131. The van der Waals surface area contributed by atoms with E-state index in [0.29, 0.717) is 6.42 Å². The standard InChI is InChI=1S/C19H25N3O/c1-3-7-15-14-18(16-8-5-6-9-17(16)20-15)21-10-12-22(13-11-21)19(23)4-2/h5-6,8-9,14H,3-4,7,10-13H2,1-2H3. The molecule has 0 radical (unpaired) electrons. The number of amides is 1. The Hall–Kier alpha value is -2.10. The van der Waals surface area contributed by atoms with E-state index in [1.165, 1.54) is 11.1 Å². The van der Waals surface area contributed by atoms with Crippen molar-refractivity contribution in [1.82, 2.24) is 9.88 Å². The normalized spacial score (nSPS) is 15.2. The second kappa shape index (κ2) is 6.99. The molecule has 122 valence electrons. The van der Waals surface area contributed by atoms with Crippen LogP contribution in [0.5, 0.6) is 0 Å². The van der Waals surface area contributed by atoms with Crippen LogP contribution in [0.2, 0.25) is 0 Å². The monoisotopic (exact) mass is 311 g/mol. The number of piperazine rings is 1. The van der Waals surface area contributed by atoms with Crippen LogP contribution in [0.1, 0.15) is 32.4 Å². The largest absolute Gasteiger partial charge is 0.367 e. The van der Waals surface area contributed by atoms with Crippen molar-refractivity contribution in [3.05, 3.63) is 36.0 Å². The maximum Gasteiger partial charge on any atom is 0.222 e. The summed E-state index contributed by atoms with van der Waals surface area (Å²) in [5.41, 5.74) is 3.50. The van der Waals surface area contributed by atoms with Gasteiger partial charge in [0.05, 0.1) is 5.52 Å². The Balaban J connectivity index is 1.89. The van der Waals surface area contributed by atoms with Crippen molar-refractivity contribution in [1.29, 1.82) is 0 Å². The average molecular weight is 311 g/mol.